The van der Waals surface area contributed by atoms with Gasteiger partial charge in [-0.2, -0.15) is 0 Å². The van der Waals surface area contributed by atoms with Crippen LogP contribution in [-0.2, 0) is 11.3 Å². The Kier molecular flexibility index (Phi) is 6.95. The van der Waals surface area contributed by atoms with E-state index in [4.69, 9.17) is 9.15 Å². The number of benzene rings is 2. The molecule has 1 aliphatic rings. The standard InChI is InChI=1S/C26H30N4O5/c1-26(2,3)35-25(31)29-15-13-28(14-16-29)21-9-7-20(8-10-21)27-18-23-11-12-24(34-23)19-5-4-6-22(17-19)30(32)33/h4-12,17,27H,13-16,18H2,1-3H3. The van der Waals surface area contributed by atoms with Gasteiger partial charge in [0, 0.05) is 55.2 Å². The number of carbonyl (C=O) groups is 1. The monoisotopic (exact) mass is 478 g/mol. The fraction of sp³-hybridized carbons (Fsp3) is 0.346. The molecule has 1 amide bonds. The number of piperazine rings is 1. The van der Waals surface area contributed by atoms with Crippen molar-refractivity contribution in [2.75, 3.05) is 36.4 Å². The first-order chi connectivity index (χ1) is 16.7. The molecule has 0 atom stereocenters. The highest BCUT2D eigenvalue weighted by molar-refractivity contribution is 5.69. The van der Waals surface area contributed by atoms with Gasteiger partial charge in [0.1, 0.15) is 17.1 Å². The fourth-order valence-corrected chi connectivity index (χ4v) is 3.85. The maximum absolute atomic E-state index is 12.3. The van der Waals surface area contributed by atoms with Crippen molar-refractivity contribution in [2.24, 2.45) is 0 Å². The van der Waals surface area contributed by atoms with Crippen LogP contribution in [0.2, 0.25) is 0 Å². The van der Waals surface area contributed by atoms with Crippen molar-refractivity contribution in [2.45, 2.75) is 32.9 Å². The average molecular weight is 479 g/mol. The third-order valence-corrected chi connectivity index (χ3v) is 5.63. The largest absolute Gasteiger partial charge is 0.459 e. The maximum atomic E-state index is 12.3. The first-order valence-electron chi connectivity index (χ1n) is 11.6. The number of nitro benzene ring substituents is 1. The molecule has 0 radical (unpaired) electrons. The van der Waals surface area contributed by atoms with Crippen molar-refractivity contribution in [1.82, 2.24) is 4.90 Å². The number of nitrogens with zero attached hydrogens (tertiary/aromatic N) is 3. The second-order valence-electron chi connectivity index (χ2n) is 9.43. The van der Waals surface area contributed by atoms with E-state index in [2.05, 4.69) is 22.3 Å². The predicted octanol–water partition coefficient (Wildman–Crippen LogP) is 5.52. The summed E-state index contributed by atoms with van der Waals surface area (Å²) < 4.78 is 11.3. The summed E-state index contributed by atoms with van der Waals surface area (Å²) in [6.45, 7) is 8.86. The minimum atomic E-state index is -0.490. The van der Waals surface area contributed by atoms with Gasteiger partial charge in [-0.1, -0.05) is 12.1 Å². The molecule has 3 aromatic rings. The van der Waals surface area contributed by atoms with Gasteiger partial charge < -0.3 is 24.3 Å². The van der Waals surface area contributed by atoms with Crippen LogP contribution in [0.5, 0.6) is 0 Å². The van der Waals surface area contributed by atoms with Crippen molar-refractivity contribution < 1.29 is 18.9 Å². The lowest BCUT2D eigenvalue weighted by Crippen LogP contribution is -2.50. The van der Waals surface area contributed by atoms with E-state index in [-0.39, 0.29) is 11.8 Å². The first-order valence-corrected chi connectivity index (χ1v) is 11.6. The molecule has 1 fully saturated rings. The third-order valence-electron chi connectivity index (χ3n) is 5.63. The van der Waals surface area contributed by atoms with Crippen LogP contribution in [0.15, 0.2) is 65.1 Å². The molecule has 184 valence electrons. The Balaban J connectivity index is 1.29. The van der Waals surface area contributed by atoms with Crippen LogP contribution in [0.3, 0.4) is 0 Å². The molecule has 1 saturated heterocycles. The van der Waals surface area contributed by atoms with Crippen LogP contribution in [0.25, 0.3) is 11.3 Å². The molecule has 9 nitrogen and oxygen atoms in total. The van der Waals surface area contributed by atoms with Crippen LogP contribution in [0.4, 0.5) is 21.9 Å². The van der Waals surface area contributed by atoms with Crippen LogP contribution < -0.4 is 10.2 Å². The van der Waals surface area contributed by atoms with E-state index in [1.165, 1.54) is 12.1 Å². The Bertz CT molecular complexity index is 1170. The summed E-state index contributed by atoms with van der Waals surface area (Å²) in [6, 6.07) is 18.2. The molecule has 1 N–H and O–H groups in total. The Morgan fingerprint density at radius 1 is 1.06 bits per heavy atom. The number of nitro groups is 1. The van der Waals surface area contributed by atoms with Gasteiger partial charge >= 0.3 is 6.09 Å². The summed E-state index contributed by atoms with van der Waals surface area (Å²) in [4.78, 5) is 26.8. The van der Waals surface area contributed by atoms with Gasteiger partial charge in [-0.25, -0.2) is 4.79 Å². The molecular weight excluding hydrogens is 448 g/mol. The van der Waals surface area contributed by atoms with E-state index in [1.54, 1.807) is 17.0 Å². The number of nitrogens with one attached hydrogen (secondary N) is 1. The van der Waals surface area contributed by atoms with Crippen molar-refractivity contribution in [3.63, 3.8) is 0 Å². The number of non-ortho nitro benzene ring substituents is 1. The average Bonchev–Trinajstić information content (AvgIpc) is 3.31. The second kappa shape index (κ2) is 10.1. The highest BCUT2D eigenvalue weighted by atomic mass is 16.6. The molecule has 35 heavy (non-hydrogen) atoms. The SMILES string of the molecule is CC(C)(C)OC(=O)N1CCN(c2ccc(NCc3ccc(-c4cccc([N+](=O)[O-])c4)o3)cc2)CC1. The zero-order valence-corrected chi connectivity index (χ0v) is 20.2. The van der Waals surface area contributed by atoms with Crippen molar-refractivity contribution >= 4 is 23.2 Å². The highest BCUT2D eigenvalue weighted by Gasteiger charge is 2.25. The minimum absolute atomic E-state index is 0.0323. The highest BCUT2D eigenvalue weighted by Crippen LogP contribution is 2.26. The summed E-state index contributed by atoms with van der Waals surface area (Å²) >= 11 is 0. The number of rotatable bonds is 6. The Morgan fingerprint density at radius 3 is 2.43 bits per heavy atom. The number of amides is 1. The lowest BCUT2D eigenvalue weighted by atomic mass is 10.1. The molecule has 0 aliphatic carbocycles. The molecular formula is C26H30N4O5. The van der Waals surface area contributed by atoms with E-state index >= 15 is 0 Å². The molecule has 0 spiro atoms. The number of ether oxygens (including phenoxy) is 1. The van der Waals surface area contributed by atoms with E-state index in [0.29, 0.717) is 31.0 Å². The van der Waals surface area contributed by atoms with Gasteiger partial charge in [0.05, 0.1) is 11.5 Å². The Hall–Kier alpha value is -4.01. The Morgan fingerprint density at radius 2 is 1.77 bits per heavy atom. The molecule has 0 bridgehead atoms. The van der Waals surface area contributed by atoms with Crippen LogP contribution in [0, 0.1) is 10.1 Å². The number of carbonyl (C=O) groups excluding carboxylic acids is 1. The van der Waals surface area contributed by atoms with E-state index < -0.39 is 10.5 Å². The van der Waals surface area contributed by atoms with Crippen molar-refractivity contribution in [1.29, 1.82) is 0 Å². The smallest absolute Gasteiger partial charge is 0.410 e. The molecule has 0 unspecified atom stereocenters. The predicted molar refractivity (Wildman–Crippen MR) is 135 cm³/mol. The maximum Gasteiger partial charge on any atom is 0.410 e. The molecule has 0 saturated carbocycles. The molecule has 4 rings (SSSR count). The van der Waals surface area contributed by atoms with E-state index in [0.717, 1.165) is 30.2 Å². The van der Waals surface area contributed by atoms with Crippen molar-refractivity contribution in [3.8, 4) is 11.3 Å². The molecule has 2 heterocycles. The summed E-state index contributed by atoms with van der Waals surface area (Å²) in [7, 11) is 0. The second-order valence-corrected chi connectivity index (χ2v) is 9.43. The number of furan rings is 1. The summed E-state index contributed by atoms with van der Waals surface area (Å²) in [5.41, 5.74) is 2.27. The molecule has 2 aromatic carbocycles. The van der Waals surface area contributed by atoms with Gasteiger partial charge in [-0.05, 0) is 57.2 Å². The van der Waals surface area contributed by atoms with Gasteiger partial charge in [0.15, 0.2) is 0 Å². The fourth-order valence-electron chi connectivity index (χ4n) is 3.85. The van der Waals surface area contributed by atoms with Gasteiger partial charge in [0.2, 0.25) is 0 Å². The zero-order chi connectivity index (χ0) is 25.0. The number of hydrogen-bond donors (Lipinski definition) is 1. The van der Waals surface area contributed by atoms with E-state index in [9.17, 15) is 14.9 Å². The van der Waals surface area contributed by atoms with Gasteiger partial charge in [-0.3, -0.25) is 10.1 Å². The zero-order valence-electron chi connectivity index (χ0n) is 20.2. The number of anilines is 2. The molecule has 1 aliphatic heterocycles. The van der Waals surface area contributed by atoms with Crippen LogP contribution in [0.1, 0.15) is 26.5 Å². The summed E-state index contributed by atoms with van der Waals surface area (Å²) in [5, 5.41) is 14.3. The Labute approximate surface area is 204 Å². The first kappa shape index (κ1) is 24.1. The lowest BCUT2D eigenvalue weighted by molar-refractivity contribution is -0.384. The lowest BCUT2D eigenvalue weighted by Gasteiger charge is -2.36. The molecule has 9 heteroatoms. The van der Waals surface area contributed by atoms with E-state index in [1.807, 2.05) is 45.0 Å². The van der Waals surface area contributed by atoms with Crippen LogP contribution >= 0.6 is 0 Å². The molecule has 1 aromatic heterocycles. The quantitative estimate of drug-likeness (QED) is 0.367. The summed E-state index contributed by atoms with van der Waals surface area (Å²) in [6.07, 6.45) is -0.261. The van der Waals surface area contributed by atoms with Crippen LogP contribution in [-0.4, -0.2) is 47.7 Å². The normalized spacial score (nSPS) is 14.0. The van der Waals surface area contributed by atoms with Crippen molar-refractivity contribution in [3.05, 3.63) is 76.5 Å². The summed E-state index contributed by atoms with van der Waals surface area (Å²) in [5.74, 6) is 1.32. The topological polar surface area (TPSA) is 101 Å². The van der Waals surface area contributed by atoms with Gasteiger partial charge in [0.25, 0.3) is 5.69 Å². The van der Waals surface area contributed by atoms with Gasteiger partial charge in [-0.15, -0.1) is 0 Å². The minimum Gasteiger partial charge on any atom is -0.459 e. The third kappa shape index (κ3) is 6.32. The number of hydrogen-bond acceptors (Lipinski definition) is 7.